The van der Waals surface area contributed by atoms with Gasteiger partial charge in [-0.3, -0.25) is 9.78 Å². The van der Waals surface area contributed by atoms with Crippen molar-refractivity contribution in [1.29, 1.82) is 0 Å². The SMILES string of the molecule is COc1ccc(NC(=O)[C@H](C)Oc2ccc(F)cc2)c2cccnc12. The second-order valence-electron chi connectivity index (χ2n) is 5.42. The minimum absolute atomic E-state index is 0.320. The minimum atomic E-state index is -0.751. The number of fused-ring (bicyclic) bond motifs is 1. The Kier molecular flexibility index (Phi) is 4.79. The van der Waals surface area contributed by atoms with Crippen LogP contribution in [0.2, 0.25) is 0 Å². The van der Waals surface area contributed by atoms with Crippen molar-refractivity contribution in [2.45, 2.75) is 13.0 Å². The molecule has 0 spiro atoms. The maximum absolute atomic E-state index is 12.9. The first-order valence-corrected chi connectivity index (χ1v) is 7.73. The summed E-state index contributed by atoms with van der Waals surface area (Å²) in [7, 11) is 1.57. The number of hydrogen-bond donors (Lipinski definition) is 1. The summed E-state index contributed by atoms with van der Waals surface area (Å²) >= 11 is 0. The van der Waals surface area contributed by atoms with Gasteiger partial charge in [0.05, 0.1) is 12.8 Å². The molecule has 1 heterocycles. The first kappa shape index (κ1) is 16.7. The topological polar surface area (TPSA) is 60.5 Å². The predicted octanol–water partition coefficient (Wildman–Crippen LogP) is 3.79. The summed E-state index contributed by atoms with van der Waals surface area (Å²) in [4.78, 5) is 16.7. The van der Waals surface area contributed by atoms with E-state index in [1.54, 1.807) is 38.4 Å². The molecule has 1 amide bonds. The van der Waals surface area contributed by atoms with Crippen LogP contribution in [0, 0.1) is 5.82 Å². The van der Waals surface area contributed by atoms with Crippen LogP contribution in [0.1, 0.15) is 6.92 Å². The summed E-state index contributed by atoms with van der Waals surface area (Å²) in [6.45, 7) is 1.63. The number of hydrogen-bond acceptors (Lipinski definition) is 4. The Bertz CT molecular complexity index is 897. The smallest absolute Gasteiger partial charge is 0.265 e. The predicted molar refractivity (Wildman–Crippen MR) is 93.4 cm³/mol. The molecule has 0 aliphatic heterocycles. The molecule has 5 nitrogen and oxygen atoms in total. The van der Waals surface area contributed by atoms with Crippen LogP contribution >= 0.6 is 0 Å². The number of methoxy groups -OCH3 is 1. The van der Waals surface area contributed by atoms with Gasteiger partial charge >= 0.3 is 0 Å². The zero-order valence-electron chi connectivity index (χ0n) is 13.8. The molecule has 0 saturated carbocycles. The van der Waals surface area contributed by atoms with Crippen molar-refractivity contribution in [3.8, 4) is 11.5 Å². The number of carbonyl (C=O) groups is 1. The van der Waals surface area contributed by atoms with Crippen molar-refractivity contribution < 1.29 is 18.7 Å². The number of nitrogens with one attached hydrogen (secondary N) is 1. The van der Waals surface area contributed by atoms with Crippen LogP contribution in [0.15, 0.2) is 54.7 Å². The van der Waals surface area contributed by atoms with Gasteiger partial charge in [-0.2, -0.15) is 0 Å². The first-order valence-electron chi connectivity index (χ1n) is 7.73. The van der Waals surface area contributed by atoms with E-state index in [4.69, 9.17) is 9.47 Å². The minimum Gasteiger partial charge on any atom is -0.494 e. The summed E-state index contributed by atoms with van der Waals surface area (Å²) in [5.41, 5.74) is 1.28. The van der Waals surface area contributed by atoms with Gasteiger partial charge < -0.3 is 14.8 Å². The average molecular weight is 340 g/mol. The number of ether oxygens (including phenoxy) is 2. The molecule has 25 heavy (non-hydrogen) atoms. The molecule has 1 N–H and O–H groups in total. The number of rotatable bonds is 5. The zero-order chi connectivity index (χ0) is 17.8. The fourth-order valence-electron chi connectivity index (χ4n) is 2.43. The van der Waals surface area contributed by atoms with Gasteiger partial charge in [0.15, 0.2) is 6.10 Å². The largest absolute Gasteiger partial charge is 0.494 e. The molecule has 0 radical (unpaired) electrons. The number of nitrogens with zero attached hydrogens (tertiary/aromatic N) is 1. The molecule has 3 aromatic rings. The lowest BCUT2D eigenvalue weighted by Crippen LogP contribution is -2.30. The highest BCUT2D eigenvalue weighted by atomic mass is 19.1. The molecule has 1 aromatic heterocycles. The second kappa shape index (κ2) is 7.17. The molecule has 0 fully saturated rings. The highest BCUT2D eigenvalue weighted by molar-refractivity contribution is 6.04. The number of halogens is 1. The van der Waals surface area contributed by atoms with E-state index in [1.807, 2.05) is 6.07 Å². The van der Waals surface area contributed by atoms with Gasteiger partial charge in [-0.05, 0) is 55.5 Å². The lowest BCUT2D eigenvalue weighted by molar-refractivity contribution is -0.122. The summed E-state index contributed by atoms with van der Waals surface area (Å²) in [6.07, 6.45) is 0.913. The van der Waals surface area contributed by atoms with Crippen molar-refractivity contribution in [3.05, 3.63) is 60.5 Å². The van der Waals surface area contributed by atoms with Gasteiger partial charge in [0.1, 0.15) is 22.8 Å². The number of carbonyl (C=O) groups excluding carboxylic acids is 1. The van der Waals surface area contributed by atoms with E-state index in [2.05, 4.69) is 10.3 Å². The molecule has 2 aromatic carbocycles. The molecular formula is C19H17FN2O3. The Morgan fingerprint density at radius 3 is 2.64 bits per heavy atom. The Balaban J connectivity index is 1.78. The van der Waals surface area contributed by atoms with Gasteiger partial charge in [0, 0.05) is 11.6 Å². The first-order chi connectivity index (χ1) is 12.1. The lowest BCUT2D eigenvalue weighted by atomic mass is 10.1. The number of anilines is 1. The maximum atomic E-state index is 12.9. The fraction of sp³-hybridized carbons (Fsp3) is 0.158. The molecule has 0 aliphatic rings. The highest BCUT2D eigenvalue weighted by Crippen LogP contribution is 2.29. The maximum Gasteiger partial charge on any atom is 0.265 e. The number of aromatic nitrogens is 1. The zero-order valence-corrected chi connectivity index (χ0v) is 13.8. The van der Waals surface area contributed by atoms with Gasteiger partial charge in [0.25, 0.3) is 5.91 Å². The fourth-order valence-corrected chi connectivity index (χ4v) is 2.43. The molecular weight excluding hydrogens is 323 g/mol. The van der Waals surface area contributed by atoms with E-state index < -0.39 is 6.10 Å². The van der Waals surface area contributed by atoms with E-state index >= 15 is 0 Å². The monoisotopic (exact) mass is 340 g/mol. The summed E-state index contributed by atoms with van der Waals surface area (Å²) in [5, 5.41) is 3.60. The quantitative estimate of drug-likeness (QED) is 0.768. The van der Waals surface area contributed by atoms with Crippen LogP contribution in [0.4, 0.5) is 10.1 Å². The molecule has 0 bridgehead atoms. The molecule has 128 valence electrons. The number of benzene rings is 2. The van der Waals surface area contributed by atoms with E-state index in [-0.39, 0.29) is 11.7 Å². The van der Waals surface area contributed by atoms with E-state index in [0.29, 0.717) is 22.7 Å². The normalized spacial score (nSPS) is 11.8. The van der Waals surface area contributed by atoms with Crippen LogP contribution in [0.5, 0.6) is 11.5 Å². The Morgan fingerprint density at radius 1 is 1.16 bits per heavy atom. The summed E-state index contributed by atoms with van der Waals surface area (Å²) in [5.74, 6) is 0.371. The summed E-state index contributed by atoms with van der Waals surface area (Å²) in [6, 6.07) is 12.7. The third-order valence-corrected chi connectivity index (χ3v) is 3.71. The van der Waals surface area contributed by atoms with Crippen LogP contribution < -0.4 is 14.8 Å². The third-order valence-electron chi connectivity index (χ3n) is 3.71. The van der Waals surface area contributed by atoms with Crippen LogP contribution in [-0.2, 0) is 4.79 Å². The third kappa shape index (κ3) is 3.68. The van der Waals surface area contributed by atoms with Crippen molar-refractivity contribution >= 4 is 22.5 Å². The lowest BCUT2D eigenvalue weighted by Gasteiger charge is -2.16. The van der Waals surface area contributed by atoms with Crippen LogP contribution in [-0.4, -0.2) is 24.1 Å². The Morgan fingerprint density at radius 2 is 1.92 bits per heavy atom. The van der Waals surface area contributed by atoms with Gasteiger partial charge in [-0.1, -0.05) is 0 Å². The van der Waals surface area contributed by atoms with E-state index in [0.717, 1.165) is 5.39 Å². The molecule has 0 unspecified atom stereocenters. The van der Waals surface area contributed by atoms with Gasteiger partial charge in [-0.25, -0.2) is 4.39 Å². The van der Waals surface area contributed by atoms with Crippen molar-refractivity contribution in [2.24, 2.45) is 0 Å². The van der Waals surface area contributed by atoms with Crippen molar-refractivity contribution in [2.75, 3.05) is 12.4 Å². The van der Waals surface area contributed by atoms with Crippen molar-refractivity contribution in [3.63, 3.8) is 0 Å². The molecule has 0 aliphatic carbocycles. The second-order valence-corrected chi connectivity index (χ2v) is 5.42. The summed E-state index contributed by atoms with van der Waals surface area (Å²) < 4.78 is 23.8. The highest BCUT2D eigenvalue weighted by Gasteiger charge is 2.17. The molecule has 6 heteroatoms. The molecule has 0 saturated heterocycles. The van der Waals surface area contributed by atoms with Crippen molar-refractivity contribution in [1.82, 2.24) is 4.98 Å². The number of pyridine rings is 1. The van der Waals surface area contributed by atoms with E-state index in [1.165, 1.54) is 24.3 Å². The standard InChI is InChI=1S/C19H17FN2O3/c1-12(25-14-7-5-13(20)6-8-14)19(23)22-16-9-10-17(24-2)18-15(16)4-3-11-21-18/h3-12H,1-2H3,(H,22,23)/t12-/m0/s1. The van der Waals surface area contributed by atoms with E-state index in [9.17, 15) is 9.18 Å². The van der Waals surface area contributed by atoms with Crippen LogP contribution in [0.3, 0.4) is 0 Å². The number of amides is 1. The Hall–Kier alpha value is -3.15. The molecule has 1 atom stereocenters. The van der Waals surface area contributed by atoms with Gasteiger partial charge in [-0.15, -0.1) is 0 Å². The Labute approximate surface area is 144 Å². The average Bonchev–Trinajstić information content (AvgIpc) is 2.63. The van der Waals surface area contributed by atoms with Crippen LogP contribution in [0.25, 0.3) is 10.9 Å². The molecule has 3 rings (SSSR count). The van der Waals surface area contributed by atoms with Gasteiger partial charge in [0.2, 0.25) is 0 Å².